The maximum absolute atomic E-state index is 13.9. The first-order chi connectivity index (χ1) is 13.2. The summed E-state index contributed by atoms with van der Waals surface area (Å²) in [5.41, 5.74) is 6.35. The van der Waals surface area contributed by atoms with Crippen LogP contribution in [0.4, 0.5) is 13.2 Å². The minimum absolute atomic E-state index is 0.0204. The minimum Gasteiger partial charge on any atom is -0.348 e. The molecule has 5 nitrogen and oxygen atoms in total. The molecule has 3 rings (SSSR count). The predicted molar refractivity (Wildman–Crippen MR) is 97.7 cm³/mol. The number of hydrogen-bond donors (Lipinski definition) is 1. The smallest absolute Gasteiger partial charge is 0.232 e. The number of carbonyl (C=O) groups excluding carboxylic acids is 2. The van der Waals surface area contributed by atoms with Gasteiger partial charge < -0.3 is 15.5 Å². The van der Waals surface area contributed by atoms with E-state index in [4.69, 9.17) is 5.73 Å². The van der Waals surface area contributed by atoms with Gasteiger partial charge in [0.15, 0.2) is 11.6 Å². The molecular weight excluding hydrogens is 371 g/mol. The highest BCUT2D eigenvalue weighted by atomic mass is 19.2. The summed E-state index contributed by atoms with van der Waals surface area (Å²) in [6.07, 6.45) is 3.03. The lowest BCUT2D eigenvalue weighted by atomic mass is 9.82. The summed E-state index contributed by atoms with van der Waals surface area (Å²) in [6.45, 7) is 0. The van der Waals surface area contributed by atoms with Crippen LogP contribution in [0.3, 0.4) is 0 Å². The van der Waals surface area contributed by atoms with Crippen molar-refractivity contribution in [3.05, 3.63) is 35.1 Å². The molecule has 154 valence electrons. The summed E-state index contributed by atoms with van der Waals surface area (Å²) in [5, 5.41) is 0. The molecule has 1 aromatic carbocycles. The molecule has 0 unspecified atom stereocenters. The molecule has 2 amide bonds. The van der Waals surface area contributed by atoms with E-state index in [0.29, 0.717) is 18.9 Å². The number of hydrogen-bond acceptors (Lipinski definition) is 3. The Morgan fingerprint density at radius 3 is 2.25 bits per heavy atom. The summed E-state index contributed by atoms with van der Waals surface area (Å²) >= 11 is 0. The third-order valence-corrected chi connectivity index (χ3v) is 6.01. The van der Waals surface area contributed by atoms with Gasteiger partial charge in [0.1, 0.15) is 12.2 Å². The van der Waals surface area contributed by atoms with Crippen LogP contribution in [0.2, 0.25) is 0 Å². The number of piperidine rings is 1. The number of nitrogens with two attached hydrogens (primary N) is 1. The van der Waals surface area contributed by atoms with Crippen LogP contribution >= 0.6 is 0 Å². The Morgan fingerprint density at radius 2 is 1.68 bits per heavy atom. The van der Waals surface area contributed by atoms with Crippen LogP contribution in [-0.4, -0.2) is 53.8 Å². The lowest BCUT2D eigenvalue weighted by molar-refractivity contribution is -0.142. The van der Waals surface area contributed by atoms with Gasteiger partial charge in [-0.1, -0.05) is 0 Å². The molecule has 0 aromatic heterocycles. The second-order valence-electron chi connectivity index (χ2n) is 8.11. The maximum Gasteiger partial charge on any atom is 0.232 e. The van der Waals surface area contributed by atoms with Crippen molar-refractivity contribution in [1.82, 2.24) is 9.80 Å². The molecule has 8 heteroatoms. The fraction of sp³-hybridized carbons (Fsp3) is 0.600. The normalized spacial score (nSPS) is 24.9. The fourth-order valence-corrected chi connectivity index (χ4v) is 4.50. The molecule has 28 heavy (non-hydrogen) atoms. The second-order valence-corrected chi connectivity index (χ2v) is 8.11. The van der Waals surface area contributed by atoms with E-state index in [9.17, 15) is 22.8 Å². The summed E-state index contributed by atoms with van der Waals surface area (Å²) in [7, 11) is 3.24. The van der Waals surface area contributed by atoms with Crippen LogP contribution in [0.25, 0.3) is 0 Å². The van der Waals surface area contributed by atoms with Gasteiger partial charge in [-0.15, -0.1) is 0 Å². The first kappa shape index (κ1) is 20.6. The van der Waals surface area contributed by atoms with Crippen molar-refractivity contribution < 1.29 is 22.8 Å². The fourth-order valence-electron chi connectivity index (χ4n) is 4.50. The highest BCUT2D eigenvalue weighted by Crippen LogP contribution is 2.40. The quantitative estimate of drug-likeness (QED) is 0.612. The lowest BCUT2D eigenvalue weighted by Crippen LogP contribution is -2.51. The molecule has 2 fully saturated rings. The average Bonchev–Trinajstić information content (AvgIpc) is 2.89. The first-order valence-electron chi connectivity index (χ1n) is 9.57. The molecule has 0 radical (unpaired) electrons. The topological polar surface area (TPSA) is 66.6 Å². The summed E-state index contributed by atoms with van der Waals surface area (Å²) in [5.74, 6) is -3.44. The number of carbonyl (C=O) groups is 2. The van der Waals surface area contributed by atoms with Gasteiger partial charge in [-0.3, -0.25) is 9.59 Å². The Bertz CT molecular complexity index is 757. The van der Waals surface area contributed by atoms with Crippen molar-refractivity contribution in [1.29, 1.82) is 0 Å². The van der Waals surface area contributed by atoms with Crippen molar-refractivity contribution in [2.24, 2.45) is 11.7 Å². The summed E-state index contributed by atoms with van der Waals surface area (Å²) in [6, 6.07) is 1.04. The number of benzene rings is 1. The maximum atomic E-state index is 13.9. The Labute approximate surface area is 162 Å². The monoisotopic (exact) mass is 397 g/mol. The molecule has 2 aliphatic rings. The van der Waals surface area contributed by atoms with E-state index in [2.05, 4.69) is 0 Å². The Morgan fingerprint density at radius 1 is 1.11 bits per heavy atom. The van der Waals surface area contributed by atoms with Gasteiger partial charge in [-0.25, -0.2) is 13.2 Å². The van der Waals surface area contributed by atoms with Crippen LogP contribution in [0, 0.1) is 23.4 Å². The average molecular weight is 397 g/mol. The Balaban J connectivity index is 1.64. The first-order valence-corrected chi connectivity index (χ1v) is 9.57. The van der Waals surface area contributed by atoms with Gasteiger partial charge in [-0.05, 0) is 49.7 Å². The van der Waals surface area contributed by atoms with Crippen LogP contribution in [0.15, 0.2) is 12.1 Å². The van der Waals surface area contributed by atoms with Crippen molar-refractivity contribution >= 4 is 11.8 Å². The molecule has 0 saturated carbocycles. The van der Waals surface area contributed by atoms with E-state index in [1.165, 1.54) is 4.90 Å². The van der Waals surface area contributed by atoms with E-state index in [1.54, 1.807) is 14.1 Å². The number of nitrogens with zero attached hydrogens (tertiary/aromatic N) is 2. The van der Waals surface area contributed by atoms with Gasteiger partial charge in [-0.2, -0.15) is 0 Å². The molecule has 0 spiro atoms. The number of fused-ring (bicyclic) bond motifs is 2. The largest absolute Gasteiger partial charge is 0.348 e. The zero-order valence-corrected chi connectivity index (χ0v) is 16.1. The molecular formula is C20H26F3N3O2. The standard InChI is InChI=1S/C20H26F3N3O2/c1-25(2)19(27)10-20(28)26-13-3-4-14(26)6-12(5-13)18(24)8-11-7-16(22)17(23)9-15(11)21/h7,9,12-14,18H,3-6,8,10,24H2,1-2H3/t12-,13+,14-,18-/m1/s1. The van der Waals surface area contributed by atoms with Crippen LogP contribution in [-0.2, 0) is 16.0 Å². The highest BCUT2D eigenvalue weighted by molar-refractivity contribution is 5.97. The zero-order chi connectivity index (χ0) is 20.6. The van der Waals surface area contributed by atoms with E-state index < -0.39 is 23.5 Å². The van der Waals surface area contributed by atoms with E-state index >= 15 is 0 Å². The van der Waals surface area contributed by atoms with Crippen LogP contribution < -0.4 is 5.73 Å². The van der Waals surface area contributed by atoms with E-state index in [-0.39, 0.29) is 48.2 Å². The Hall–Kier alpha value is -2.09. The molecule has 2 N–H and O–H groups in total. The minimum atomic E-state index is -1.22. The van der Waals surface area contributed by atoms with Gasteiger partial charge in [0, 0.05) is 38.3 Å². The van der Waals surface area contributed by atoms with Crippen LogP contribution in [0.5, 0.6) is 0 Å². The van der Waals surface area contributed by atoms with E-state index in [0.717, 1.165) is 18.9 Å². The summed E-state index contributed by atoms with van der Waals surface area (Å²) in [4.78, 5) is 27.7. The predicted octanol–water partition coefficient (Wildman–Crippen LogP) is 2.22. The molecule has 2 saturated heterocycles. The Kier molecular flexibility index (Phi) is 5.98. The van der Waals surface area contributed by atoms with Crippen molar-refractivity contribution in [3.8, 4) is 0 Å². The number of amides is 2. The van der Waals surface area contributed by atoms with Crippen molar-refractivity contribution in [3.63, 3.8) is 0 Å². The number of rotatable bonds is 5. The van der Waals surface area contributed by atoms with Gasteiger partial charge >= 0.3 is 0 Å². The lowest BCUT2D eigenvalue weighted by Gasteiger charge is -2.41. The molecule has 1 aromatic rings. The van der Waals surface area contributed by atoms with Gasteiger partial charge in [0.2, 0.25) is 11.8 Å². The van der Waals surface area contributed by atoms with Gasteiger partial charge in [0.25, 0.3) is 0 Å². The van der Waals surface area contributed by atoms with E-state index in [1.807, 2.05) is 4.90 Å². The molecule has 0 aliphatic carbocycles. The molecule has 2 aliphatic heterocycles. The summed E-state index contributed by atoms with van der Waals surface area (Å²) < 4.78 is 40.5. The molecule has 4 atom stereocenters. The molecule has 2 bridgehead atoms. The van der Waals surface area contributed by atoms with Crippen molar-refractivity contribution in [2.45, 2.75) is 56.7 Å². The number of halogens is 3. The second kappa shape index (κ2) is 8.11. The SMILES string of the molecule is CN(C)C(=O)CC(=O)N1[C@@H]2CC[C@H]1C[C@@H]([C@H](N)Cc1cc(F)c(F)cc1F)C2. The van der Waals surface area contributed by atoms with Crippen LogP contribution in [0.1, 0.15) is 37.7 Å². The zero-order valence-electron chi connectivity index (χ0n) is 16.1. The third-order valence-electron chi connectivity index (χ3n) is 6.01. The van der Waals surface area contributed by atoms with Gasteiger partial charge in [0.05, 0.1) is 0 Å². The third kappa shape index (κ3) is 4.16. The highest BCUT2D eigenvalue weighted by Gasteiger charge is 2.44. The van der Waals surface area contributed by atoms with Crippen molar-refractivity contribution in [2.75, 3.05) is 14.1 Å². The molecule has 2 heterocycles.